The third kappa shape index (κ3) is 5.89. The second-order valence-electron chi connectivity index (χ2n) is 8.18. The lowest BCUT2D eigenvalue weighted by atomic mass is 10.1. The quantitative estimate of drug-likeness (QED) is 0.447. The molecule has 0 aliphatic carbocycles. The number of aromatic amines is 1. The Morgan fingerprint density at radius 2 is 2.07 bits per heavy atom. The Morgan fingerprint density at radius 1 is 1.40 bits per heavy atom. The number of terminal acetylenes is 1. The van der Waals surface area contributed by atoms with Crippen LogP contribution in [-0.4, -0.2) is 52.3 Å². The van der Waals surface area contributed by atoms with Crippen molar-refractivity contribution < 1.29 is 23.6 Å². The minimum atomic E-state index is -3.55. The molecule has 168 valence electrons. The topological polar surface area (TPSA) is 115 Å². The van der Waals surface area contributed by atoms with Crippen molar-refractivity contribution in [3.63, 3.8) is 0 Å². The Balaban J connectivity index is 2.47. The zero-order chi connectivity index (χ0) is 22.7. The standard InChI is InChI=1S/C19H29N2O7PS/c1-7-10-25-16-15(28-29(24,30)19(4,5)6)13(11-26-12(2)3)27-17(16)21-9-8-14(22)20-18(21)23/h1,8-9,12-13,15-17H,10-11H2,2-6H3,(H,24,30)(H,20,22,23)/p-1/t13-,15+,16?,17-,29?/m1/s1. The first-order valence-corrected chi connectivity index (χ1v) is 12.1. The number of H-pyrrole nitrogens is 1. The largest absolute Gasteiger partial charge is 0.800 e. The smallest absolute Gasteiger partial charge is 0.330 e. The number of nitrogens with one attached hydrogen (secondary N) is 1. The van der Waals surface area contributed by atoms with Crippen molar-refractivity contribution in [3.05, 3.63) is 33.1 Å². The molecule has 11 heteroatoms. The Kier molecular flexibility index (Phi) is 8.22. The van der Waals surface area contributed by atoms with Crippen LogP contribution in [-0.2, 0) is 30.5 Å². The Morgan fingerprint density at radius 3 is 2.60 bits per heavy atom. The minimum absolute atomic E-state index is 0.0896. The van der Waals surface area contributed by atoms with Crippen molar-refractivity contribution in [2.75, 3.05) is 13.2 Å². The molecule has 2 rings (SSSR count). The number of ether oxygens (including phenoxy) is 3. The van der Waals surface area contributed by atoms with Crippen LogP contribution in [0.15, 0.2) is 21.9 Å². The summed E-state index contributed by atoms with van der Waals surface area (Å²) in [6, 6.07) is 1.18. The van der Waals surface area contributed by atoms with Gasteiger partial charge in [-0.05, 0) is 13.8 Å². The number of hydrogen-bond donors (Lipinski definition) is 1. The molecule has 0 saturated carbocycles. The molecule has 1 aromatic heterocycles. The van der Waals surface area contributed by atoms with Crippen LogP contribution in [0.1, 0.15) is 40.8 Å². The van der Waals surface area contributed by atoms with Crippen LogP contribution in [0.3, 0.4) is 0 Å². The zero-order valence-corrected chi connectivity index (χ0v) is 19.4. The van der Waals surface area contributed by atoms with Gasteiger partial charge in [0.25, 0.3) is 5.56 Å². The predicted octanol–water partition coefficient (Wildman–Crippen LogP) is 0.731. The van der Waals surface area contributed by atoms with Gasteiger partial charge in [-0.25, -0.2) is 4.79 Å². The second kappa shape index (κ2) is 9.88. The molecule has 0 radical (unpaired) electrons. The van der Waals surface area contributed by atoms with E-state index in [4.69, 9.17) is 37.0 Å². The Bertz CT molecular complexity index is 930. The fourth-order valence-electron chi connectivity index (χ4n) is 2.75. The van der Waals surface area contributed by atoms with Gasteiger partial charge in [-0.3, -0.25) is 14.3 Å². The molecule has 2 heterocycles. The van der Waals surface area contributed by atoms with E-state index < -0.39 is 47.4 Å². The van der Waals surface area contributed by atoms with Crippen LogP contribution in [0, 0.1) is 12.3 Å². The molecule has 1 saturated heterocycles. The van der Waals surface area contributed by atoms with Gasteiger partial charge in [-0.1, -0.05) is 38.5 Å². The van der Waals surface area contributed by atoms with Gasteiger partial charge in [0.1, 0.15) is 24.9 Å². The molecular weight excluding hydrogens is 431 g/mol. The van der Waals surface area contributed by atoms with Gasteiger partial charge in [0.2, 0.25) is 0 Å². The van der Waals surface area contributed by atoms with Crippen LogP contribution in [0.25, 0.3) is 0 Å². The maximum Gasteiger partial charge on any atom is 0.330 e. The molecule has 0 spiro atoms. The van der Waals surface area contributed by atoms with Crippen LogP contribution in [0.2, 0.25) is 0 Å². The molecule has 30 heavy (non-hydrogen) atoms. The van der Waals surface area contributed by atoms with Crippen molar-refractivity contribution in [2.45, 2.75) is 70.4 Å². The summed E-state index contributed by atoms with van der Waals surface area (Å²) >= 11 is 5.29. The fourth-order valence-corrected chi connectivity index (χ4v) is 3.94. The highest BCUT2D eigenvalue weighted by molar-refractivity contribution is 8.09. The number of nitrogens with zero attached hydrogens (tertiary/aromatic N) is 1. The lowest BCUT2D eigenvalue weighted by molar-refractivity contribution is -0.196. The molecule has 1 aliphatic heterocycles. The monoisotopic (exact) mass is 459 g/mol. The summed E-state index contributed by atoms with van der Waals surface area (Å²) in [7, 11) is 0. The fraction of sp³-hybridized carbons (Fsp3) is 0.684. The van der Waals surface area contributed by atoms with E-state index in [0.29, 0.717) is 0 Å². The van der Waals surface area contributed by atoms with Gasteiger partial charge < -0.3 is 23.6 Å². The molecule has 1 N–H and O–H groups in total. The molecule has 0 bridgehead atoms. The minimum Gasteiger partial charge on any atom is -0.800 e. The van der Waals surface area contributed by atoms with Crippen LogP contribution in [0.5, 0.6) is 0 Å². The lowest BCUT2D eigenvalue weighted by Crippen LogP contribution is -2.42. The van der Waals surface area contributed by atoms with Gasteiger partial charge >= 0.3 is 5.69 Å². The van der Waals surface area contributed by atoms with Crippen molar-refractivity contribution in [2.24, 2.45) is 0 Å². The van der Waals surface area contributed by atoms with E-state index in [-0.39, 0.29) is 19.3 Å². The third-order valence-electron chi connectivity index (χ3n) is 4.45. The summed E-state index contributed by atoms with van der Waals surface area (Å²) in [6.07, 6.45) is 2.97. The van der Waals surface area contributed by atoms with E-state index in [1.807, 2.05) is 13.8 Å². The number of hydrogen-bond acceptors (Lipinski definition) is 8. The summed E-state index contributed by atoms with van der Waals surface area (Å²) in [5.74, 6) is 2.36. The van der Waals surface area contributed by atoms with Crippen LogP contribution in [0.4, 0.5) is 0 Å². The number of rotatable bonds is 8. The van der Waals surface area contributed by atoms with E-state index >= 15 is 0 Å². The third-order valence-corrected chi connectivity index (χ3v) is 8.51. The van der Waals surface area contributed by atoms with E-state index in [9.17, 15) is 14.5 Å². The van der Waals surface area contributed by atoms with Gasteiger partial charge in [-0.15, -0.1) is 6.42 Å². The lowest BCUT2D eigenvalue weighted by Gasteiger charge is -2.43. The second-order valence-corrected chi connectivity index (χ2v) is 12.2. The summed E-state index contributed by atoms with van der Waals surface area (Å²) in [6.45, 7) is 5.31. The van der Waals surface area contributed by atoms with Gasteiger partial charge in [-0.2, -0.15) is 0 Å². The van der Waals surface area contributed by atoms with E-state index in [0.717, 1.165) is 0 Å². The summed E-state index contributed by atoms with van der Waals surface area (Å²) in [4.78, 5) is 39.1. The highest BCUT2D eigenvalue weighted by atomic mass is 32.5. The molecule has 2 unspecified atom stereocenters. The molecule has 1 aliphatic rings. The van der Waals surface area contributed by atoms with Gasteiger partial charge in [0.05, 0.1) is 12.7 Å². The first-order valence-electron chi connectivity index (χ1n) is 9.50. The SMILES string of the molecule is C#CCOC1[C@@H](OP([O-])(=S)C(C)(C)C)[C@@H](COC(C)C)O[C@H]1n1ccc(=O)[nH]c1=O. The molecule has 0 amide bonds. The highest BCUT2D eigenvalue weighted by Crippen LogP contribution is 2.54. The van der Waals surface area contributed by atoms with Crippen LogP contribution < -0.4 is 16.1 Å². The maximum absolute atomic E-state index is 13.1. The first kappa shape index (κ1) is 25.0. The summed E-state index contributed by atoms with van der Waals surface area (Å²) in [5.41, 5.74) is -1.24. The average Bonchev–Trinajstić information content (AvgIpc) is 2.94. The van der Waals surface area contributed by atoms with Crippen molar-refractivity contribution >= 4 is 18.3 Å². The molecule has 9 nitrogen and oxygen atoms in total. The molecule has 1 aromatic rings. The van der Waals surface area contributed by atoms with Crippen molar-refractivity contribution in [3.8, 4) is 12.3 Å². The molecule has 5 atom stereocenters. The summed E-state index contributed by atoms with van der Waals surface area (Å²) < 4.78 is 24.5. The summed E-state index contributed by atoms with van der Waals surface area (Å²) in [5, 5.41) is -0.810. The Hall–Kier alpha value is -1.31. The normalized spacial score (nSPS) is 26.5. The number of aromatic nitrogens is 2. The average molecular weight is 459 g/mol. The van der Waals surface area contributed by atoms with Gasteiger partial charge in [0, 0.05) is 23.9 Å². The molecule has 0 aromatic carbocycles. The van der Waals surface area contributed by atoms with E-state index in [2.05, 4.69) is 10.9 Å². The maximum atomic E-state index is 13.1. The first-order chi connectivity index (χ1) is 13.9. The van der Waals surface area contributed by atoms with Crippen molar-refractivity contribution in [1.29, 1.82) is 0 Å². The van der Waals surface area contributed by atoms with Crippen LogP contribution >= 0.6 is 6.49 Å². The Labute approximate surface area is 180 Å². The van der Waals surface area contributed by atoms with Crippen molar-refractivity contribution in [1.82, 2.24) is 9.55 Å². The predicted molar refractivity (Wildman–Crippen MR) is 114 cm³/mol. The highest BCUT2D eigenvalue weighted by Gasteiger charge is 2.49. The van der Waals surface area contributed by atoms with Gasteiger partial charge in [0.15, 0.2) is 6.23 Å². The van der Waals surface area contributed by atoms with E-state index in [1.54, 1.807) is 20.8 Å². The zero-order valence-electron chi connectivity index (χ0n) is 17.7. The molecular formula is C19H28N2O7PS-. The van der Waals surface area contributed by atoms with E-state index in [1.165, 1.54) is 16.8 Å². The molecule has 1 fully saturated rings.